The van der Waals surface area contributed by atoms with Crippen LogP contribution in [0.1, 0.15) is 38.6 Å². The third-order valence-corrected chi connectivity index (χ3v) is 2.99. The maximum Gasteiger partial charge on any atom is 0.308 e. The quantitative estimate of drug-likeness (QED) is 0.775. The van der Waals surface area contributed by atoms with Gasteiger partial charge in [-0.25, -0.2) is 0 Å². The minimum absolute atomic E-state index is 0.198. The van der Waals surface area contributed by atoms with E-state index in [4.69, 9.17) is 4.74 Å². The van der Waals surface area contributed by atoms with Crippen LogP contribution in [0.5, 0.6) is 0 Å². The van der Waals surface area contributed by atoms with Gasteiger partial charge in [0.15, 0.2) is 6.10 Å². The van der Waals surface area contributed by atoms with Gasteiger partial charge in [0.2, 0.25) is 0 Å². The Morgan fingerprint density at radius 3 is 2.52 bits per heavy atom. The average molecular weight is 295 g/mol. The molecule has 0 bridgehead atoms. The van der Waals surface area contributed by atoms with Crippen LogP contribution in [-0.2, 0) is 20.9 Å². The zero-order valence-corrected chi connectivity index (χ0v) is 13.5. The fourth-order valence-electron chi connectivity index (χ4n) is 1.86. The first-order valence-electron chi connectivity index (χ1n) is 7.27. The number of nitrogens with zero attached hydrogens (tertiary/aromatic N) is 2. The summed E-state index contributed by atoms with van der Waals surface area (Å²) in [6.45, 7) is 10.5. The number of nitrogens with one attached hydrogen (secondary N) is 1. The monoisotopic (exact) mass is 295 g/mol. The second kappa shape index (κ2) is 7.81. The molecule has 0 fully saturated rings. The molecule has 0 spiro atoms. The summed E-state index contributed by atoms with van der Waals surface area (Å²) in [5.41, 5.74) is 1.92. The summed E-state index contributed by atoms with van der Waals surface area (Å²) in [5.74, 6) is -0.291. The molecule has 1 heterocycles. The van der Waals surface area contributed by atoms with Crippen molar-refractivity contribution in [3.63, 3.8) is 0 Å². The minimum atomic E-state index is -0.767. The number of carbonyl (C=O) groups excluding carboxylic acids is 2. The lowest BCUT2D eigenvalue weighted by atomic mass is 10.2. The Morgan fingerprint density at radius 2 is 2.00 bits per heavy atom. The summed E-state index contributed by atoms with van der Waals surface area (Å²) < 4.78 is 6.88. The largest absolute Gasteiger partial charge is 0.452 e. The van der Waals surface area contributed by atoms with E-state index in [1.54, 1.807) is 11.6 Å². The Morgan fingerprint density at radius 1 is 1.33 bits per heavy atom. The van der Waals surface area contributed by atoms with Crippen LogP contribution in [0, 0.1) is 19.8 Å². The molecule has 0 aliphatic heterocycles. The number of rotatable bonds is 7. The second-order valence-corrected chi connectivity index (χ2v) is 5.67. The summed E-state index contributed by atoms with van der Waals surface area (Å²) in [6, 6.07) is 1.95. The first kappa shape index (κ1) is 17.2. The predicted octanol–water partition coefficient (Wildman–Crippen LogP) is 1.59. The molecule has 6 nitrogen and oxygen atoms in total. The molecule has 0 saturated heterocycles. The summed E-state index contributed by atoms with van der Waals surface area (Å²) in [6.07, 6.45) is -0.569. The third kappa shape index (κ3) is 5.97. The molecule has 1 atom stereocenters. The van der Waals surface area contributed by atoms with E-state index in [1.165, 1.54) is 0 Å². The van der Waals surface area contributed by atoms with E-state index >= 15 is 0 Å². The Hall–Kier alpha value is -1.85. The highest BCUT2D eigenvalue weighted by atomic mass is 16.5. The first-order chi connectivity index (χ1) is 9.79. The normalized spacial score (nSPS) is 12.3. The SMILES string of the molecule is Cc1cc(C)n(CCC(=O)OC(C)C(=O)NCC(C)C)n1. The number of hydrogen-bond donors (Lipinski definition) is 1. The standard InChI is InChI=1S/C15H25N3O3/c1-10(2)9-16-15(20)13(5)21-14(19)6-7-18-12(4)8-11(3)17-18/h8,10,13H,6-7,9H2,1-5H3,(H,16,20). The molecule has 1 amide bonds. The van der Waals surface area contributed by atoms with E-state index in [-0.39, 0.29) is 12.3 Å². The van der Waals surface area contributed by atoms with Gasteiger partial charge in [0, 0.05) is 12.2 Å². The van der Waals surface area contributed by atoms with E-state index in [0.717, 1.165) is 11.4 Å². The van der Waals surface area contributed by atoms with Gasteiger partial charge in [0.25, 0.3) is 5.91 Å². The number of aryl methyl sites for hydroxylation is 3. The van der Waals surface area contributed by atoms with Gasteiger partial charge in [-0.15, -0.1) is 0 Å². The number of carbonyl (C=O) groups is 2. The van der Waals surface area contributed by atoms with Gasteiger partial charge < -0.3 is 10.1 Å². The minimum Gasteiger partial charge on any atom is -0.452 e. The second-order valence-electron chi connectivity index (χ2n) is 5.67. The summed E-state index contributed by atoms with van der Waals surface area (Å²) in [7, 11) is 0. The van der Waals surface area contributed by atoms with Crippen LogP contribution < -0.4 is 5.32 Å². The molecule has 1 aromatic heterocycles. The molecule has 1 rings (SSSR count). The number of esters is 1. The van der Waals surface area contributed by atoms with Crippen molar-refractivity contribution in [2.75, 3.05) is 6.54 Å². The van der Waals surface area contributed by atoms with Crippen molar-refractivity contribution in [1.29, 1.82) is 0 Å². The van der Waals surface area contributed by atoms with Gasteiger partial charge in [0.1, 0.15) is 0 Å². The van der Waals surface area contributed by atoms with Crippen LogP contribution in [0.2, 0.25) is 0 Å². The van der Waals surface area contributed by atoms with Crippen molar-refractivity contribution in [1.82, 2.24) is 15.1 Å². The summed E-state index contributed by atoms with van der Waals surface area (Å²) in [4.78, 5) is 23.5. The maximum atomic E-state index is 11.7. The van der Waals surface area contributed by atoms with Crippen LogP contribution in [0.15, 0.2) is 6.07 Å². The van der Waals surface area contributed by atoms with Crippen LogP contribution in [0.25, 0.3) is 0 Å². The lowest BCUT2D eigenvalue weighted by molar-refractivity contribution is -0.155. The zero-order valence-electron chi connectivity index (χ0n) is 13.5. The third-order valence-electron chi connectivity index (χ3n) is 2.99. The molecule has 1 aromatic rings. The Kier molecular flexibility index (Phi) is 6.39. The van der Waals surface area contributed by atoms with Gasteiger partial charge in [0.05, 0.1) is 18.7 Å². The lowest BCUT2D eigenvalue weighted by Crippen LogP contribution is -2.37. The maximum absolute atomic E-state index is 11.7. The van der Waals surface area contributed by atoms with E-state index < -0.39 is 12.1 Å². The molecule has 1 N–H and O–H groups in total. The van der Waals surface area contributed by atoms with Crippen LogP contribution in [0.4, 0.5) is 0 Å². The summed E-state index contributed by atoms with van der Waals surface area (Å²) >= 11 is 0. The highest BCUT2D eigenvalue weighted by Gasteiger charge is 2.17. The van der Waals surface area contributed by atoms with Crippen molar-refractivity contribution in [2.45, 2.75) is 53.7 Å². The van der Waals surface area contributed by atoms with Crippen LogP contribution in [-0.4, -0.2) is 34.3 Å². The van der Waals surface area contributed by atoms with Gasteiger partial charge >= 0.3 is 5.97 Å². The molecule has 6 heteroatoms. The molecular formula is C15H25N3O3. The Balaban J connectivity index is 2.36. The number of amides is 1. The van der Waals surface area contributed by atoms with Crippen molar-refractivity contribution >= 4 is 11.9 Å². The highest BCUT2D eigenvalue weighted by Crippen LogP contribution is 2.04. The topological polar surface area (TPSA) is 73.2 Å². The molecule has 21 heavy (non-hydrogen) atoms. The fourth-order valence-corrected chi connectivity index (χ4v) is 1.86. The van der Waals surface area contributed by atoms with E-state index in [9.17, 15) is 9.59 Å². The fraction of sp³-hybridized carbons (Fsp3) is 0.667. The molecule has 0 aliphatic carbocycles. The Labute approximate surface area is 125 Å². The van der Waals surface area contributed by atoms with Crippen molar-refractivity contribution in [3.05, 3.63) is 17.5 Å². The van der Waals surface area contributed by atoms with Crippen molar-refractivity contribution in [2.24, 2.45) is 5.92 Å². The van der Waals surface area contributed by atoms with E-state index in [2.05, 4.69) is 10.4 Å². The molecule has 0 aliphatic rings. The molecule has 1 unspecified atom stereocenters. The number of aromatic nitrogens is 2. The number of hydrogen-bond acceptors (Lipinski definition) is 4. The molecule has 118 valence electrons. The van der Waals surface area contributed by atoms with Gasteiger partial charge in [-0.2, -0.15) is 5.10 Å². The molecule has 0 aromatic carbocycles. The zero-order chi connectivity index (χ0) is 16.0. The average Bonchev–Trinajstić information content (AvgIpc) is 2.71. The Bertz CT molecular complexity index is 494. The lowest BCUT2D eigenvalue weighted by Gasteiger charge is -2.14. The van der Waals surface area contributed by atoms with Gasteiger partial charge in [-0.05, 0) is 32.8 Å². The predicted molar refractivity (Wildman–Crippen MR) is 79.7 cm³/mol. The van der Waals surface area contributed by atoms with Crippen LogP contribution in [0.3, 0.4) is 0 Å². The van der Waals surface area contributed by atoms with E-state index in [0.29, 0.717) is 19.0 Å². The molecule has 0 saturated carbocycles. The smallest absolute Gasteiger partial charge is 0.308 e. The van der Waals surface area contributed by atoms with Gasteiger partial charge in [-0.1, -0.05) is 13.8 Å². The van der Waals surface area contributed by atoms with E-state index in [1.807, 2.05) is 33.8 Å². The van der Waals surface area contributed by atoms with Crippen LogP contribution >= 0.6 is 0 Å². The van der Waals surface area contributed by atoms with Gasteiger partial charge in [-0.3, -0.25) is 14.3 Å². The van der Waals surface area contributed by atoms with Crippen molar-refractivity contribution in [3.8, 4) is 0 Å². The van der Waals surface area contributed by atoms with Crippen molar-refractivity contribution < 1.29 is 14.3 Å². The first-order valence-corrected chi connectivity index (χ1v) is 7.27. The summed E-state index contributed by atoms with van der Waals surface area (Å²) in [5, 5.41) is 7.01. The molecule has 0 radical (unpaired) electrons. The number of ether oxygens (including phenoxy) is 1. The highest BCUT2D eigenvalue weighted by molar-refractivity contribution is 5.83. The molecular weight excluding hydrogens is 270 g/mol.